The van der Waals surface area contributed by atoms with E-state index in [1.165, 1.54) is 0 Å². The number of morpholine rings is 1. The van der Waals surface area contributed by atoms with Crippen molar-refractivity contribution in [3.63, 3.8) is 0 Å². The van der Waals surface area contributed by atoms with E-state index >= 15 is 0 Å². The molecule has 1 saturated heterocycles. The van der Waals surface area contributed by atoms with Crippen LogP contribution in [0.25, 0.3) is 11.3 Å². The lowest BCUT2D eigenvalue weighted by Crippen LogP contribution is -2.42. The highest BCUT2D eigenvalue weighted by molar-refractivity contribution is 5.95. The maximum Gasteiger partial charge on any atom is 0.257 e. The predicted molar refractivity (Wildman–Crippen MR) is 104 cm³/mol. The molecule has 8 nitrogen and oxygen atoms in total. The summed E-state index contributed by atoms with van der Waals surface area (Å²) in [7, 11) is 1.83. The molecule has 0 unspecified atom stereocenters. The number of nitrogens with two attached hydrogens (primary N) is 1. The van der Waals surface area contributed by atoms with E-state index in [9.17, 15) is 4.79 Å². The Morgan fingerprint density at radius 3 is 2.82 bits per heavy atom. The maximum absolute atomic E-state index is 12.9. The number of rotatable bonds is 3. The van der Waals surface area contributed by atoms with Gasteiger partial charge in [-0.15, -0.1) is 0 Å². The fourth-order valence-electron chi connectivity index (χ4n) is 3.24. The van der Waals surface area contributed by atoms with Crippen LogP contribution in [-0.2, 0) is 11.8 Å². The summed E-state index contributed by atoms with van der Waals surface area (Å²) in [6.07, 6.45) is 3.04. The summed E-state index contributed by atoms with van der Waals surface area (Å²) >= 11 is 0. The van der Waals surface area contributed by atoms with Crippen molar-refractivity contribution in [1.29, 1.82) is 0 Å². The number of amides is 1. The molecule has 0 radical (unpaired) electrons. The van der Waals surface area contributed by atoms with E-state index in [1.54, 1.807) is 28.0 Å². The average molecular weight is 378 g/mol. The van der Waals surface area contributed by atoms with Gasteiger partial charge in [-0.05, 0) is 31.2 Å². The maximum atomic E-state index is 12.9. The third kappa shape index (κ3) is 3.46. The van der Waals surface area contributed by atoms with Gasteiger partial charge in [-0.1, -0.05) is 6.07 Å². The Morgan fingerprint density at radius 1 is 1.25 bits per heavy atom. The molecular formula is C20H22N6O2. The quantitative estimate of drug-likeness (QED) is 0.748. The number of carbonyl (C=O) groups excluding carboxylic acids is 1. The zero-order chi connectivity index (χ0) is 19.7. The fourth-order valence-corrected chi connectivity index (χ4v) is 3.24. The Morgan fingerprint density at radius 2 is 2.11 bits per heavy atom. The molecule has 8 heteroatoms. The topological polar surface area (TPSA) is 99.2 Å². The first kappa shape index (κ1) is 18.1. The Labute approximate surface area is 163 Å². The molecule has 3 aromatic rings. The highest BCUT2D eigenvalue weighted by Crippen LogP contribution is 2.25. The van der Waals surface area contributed by atoms with E-state index in [0.717, 1.165) is 22.6 Å². The van der Waals surface area contributed by atoms with Crippen LogP contribution < -0.4 is 5.73 Å². The van der Waals surface area contributed by atoms with Gasteiger partial charge in [-0.25, -0.2) is 9.97 Å². The number of anilines is 1. The van der Waals surface area contributed by atoms with Crippen molar-refractivity contribution in [3.05, 3.63) is 59.7 Å². The second kappa shape index (κ2) is 7.40. The van der Waals surface area contributed by atoms with Gasteiger partial charge in [-0.2, -0.15) is 5.10 Å². The van der Waals surface area contributed by atoms with Gasteiger partial charge in [-0.3, -0.25) is 9.48 Å². The lowest BCUT2D eigenvalue weighted by Gasteiger charge is -2.32. The van der Waals surface area contributed by atoms with Crippen LogP contribution in [0, 0.1) is 6.92 Å². The number of nitrogen functional groups attached to an aromatic ring is 1. The Kier molecular flexibility index (Phi) is 4.79. The van der Waals surface area contributed by atoms with Gasteiger partial charge in [0, 0.05) is 31.0 Å². The van der Waals surface area contributed by atoms with Crippen LogP contribution >= 0.6 is 0 Å². The second-order valence-corrected chi connectivity index (χ2v) is 6.80. The van der Waals surface area contributed by atoms with Gasteiger partial charge in [0.15, 0.2) is 0 Å². The van der Waals surface area contributed by atoms with Crippen LogP contribution in [0.3, 0.4) is 0 Å². The minimum atomic E-state index is -0.281. The standard InChI is InChI=1S/C20H22N6O2/c1-13-15(11-23-25(13)2)20(27)26-8-9-28-18(12-26)17-5-3-4-16(24-17)14-6-7-19(21)22-10-14/h3-7,10-11,18H,8-9,12H2,1-2H3,(H2,21,22)/t18-/m1/s1. The molecule has 2 N–H and O–H groups in total. The molecule has 1 fully saturated rings. The van der Waals surface area contributed by atoms with Crippen LogP contribution in [0.2, 0.25) is 0 Å². The highest BCUT2D eigenvalue weighted by Gasteiger charge is 2.28. The van der Waals surface area contributed by atoms with Gasteiger partial charge in [0.05, 0.1) is 36.3 Å². The molecule has 0 spiro atoms. The number of nitrogens with zero attached hydrogens (tertiary/aromatic N) is 5. The minimum absolute atomic E-state index is 0.0298. The van der Waals surface area contributed by atoms with Gasteiger partial charge in [0.1, 0.15) is 11.9 Å². The average Bonchev–Trinajstić information content (AvgIpc) is 3.07. The molecule has 1 aliphatic rings. The smallest absolute Gasteiger partial charge is 0.257 e. The summed E-state index contributed by atoms with van der Waals surface area (Å²) in [5, 5.41) is 4.17. The number of carbonyl (C=O) groups is 1. The third-order valence-corrected chi connectivity index (χ3v) is 5.00. The van der Waals surface area contributed by atoms with Crippen molar-refractivity contribution < 1.29 is 9.53 Å². The van der Waals surface area contributed by atoms with Gasteiger partial charge in [0.2, 0.25) is 0 Å². The lowest BCUT2D eigenvalue weighted by atomic mass is 10.1. The van der Waals surface area contributed by atoms with E-state index < -0.39 is 0 Å². The van der Waals surface area contributed by atoms with Crippen molar-refractivity contribution in [2.24, 2.45) is 7.05 Å². The molecule has 1 aliphatic heterocycles. The molecule has 144 valence electrons. The Hall–Kier alpha value is -3.26. The molecule has 3 aromatic heterocycles. The molecule has 4 rings (SSSR count). The summed E-state index contributed by atoms with van der Waals surface area (Å²) in [6.45, 7) is 3.35. The summed E-state index contributed by atoms with van der Waals surface area (Å²) in [6, 6.07) is 9.40. The summed E-state index contributed by atoms with van der Waals surface area (Å²) < 4.78 is 7.62. The van der Waals surface area contributed by atoms with E-state index in [-0.39, 0.29) is 12.0 Å². The first-order valence-corrected chi connectivity index (χ1v) is 9.11. The van der Waals surface area contributed by atoms with Crippen LogP contribution in [0.15, 0.2) is 42.7 Å². The van der Waals surface area contributed by atoms with Gasteiger partial charge < -0.3 is 15.4 Å². The lowest BCUT2D eigenvalue weighted by molar-refractivity contribution is -0.0247. The molecule has 1 amide bonds. The SMILES string of the molecule is Cc1c(C(=O)N2CCO[C@@H](c3cccc(-c4ccc(N)nc4)n3)C2)cnn1C. The largest absolute Gasteiger partial charge is 0.384 e. The molecule has 1 atom stereocenters. The minimum Gasteiger partial charge on any atom is -0.384 e. The van der Waals surface area contributed by atoms with Crippen molar-refractivity contribution in [2.45, 2.75) is 13.0 Å². The number of pyridine rings is 2. The first-order chi connectivity index (χ1) is 13.5. The monoisotopic (exact) mass is 378 g/mol. The van der Waals surface area contributed by atoms with E-state index in [0.29, 0.717) is 31.1 Å². The summed E-state index contributed by atoms with van der Waals surface area (Å²) in [5.74, 6) is 0.438. The van der Waals surface area contributed by atoms with Crippen molar-refractivity contribution in [3.8, 4) is 11.3 Å². The van der Waals surface area contributed by atoms with Crippen molar-refractivity contribution >= 4 is 11.7 Å². The van der Waals surface area contributed by atoms with Crippen molar-refractivity contribution in [2.75, 3.05) is 25.4 Å². The number of hydrogen-bond donors (Lipinski definition) is 1. The second-order valence-electron chi connectivity index (χ2n) is 6.80. The first-order valence-electron chi connectivity index (χ1n) is 9.11. The fraction of sp³-hybridized carbons (Fsp3) is 0.300. The normalized spacial score (nSPS) is 16.9. The number of aromatic nitrogens is 4. The van der Waals surface area contributed by atoms with E-state index in [1.807, 2.05) is 38.2 Å². The highest BCUT2D eigenvalue weighted by atomic mass is 16.5. The van der Waals surface area contributed by atoms with Gasteiger partial charge >= 0.3 is 0 Å². The van der Waals surface area contributed by atoms with Crippen LogP contribution in [0.5, 0.6) is 0 Å². The predicted octanol–water partition coefficient (Wildman–Crippen LogP) is 1.98. The molecule has 0 saturated carbocycles. The summed E-state index contributed by atoms with van der Waals surface area (Å²) in [4.78, 5) is 23.6. The van der Waals surface area contributed by atoms with E-state index in [4.69, 9.17) is 15.5 Å². The summed E-state index contributed by atoms with van der Waals surface area (Å²) in [5.41, 5.74) is 9.59. The third-order valence-electron chi connectivity index (χ3n) is 5.00. The van der Waals surface area contributed by atoms with Crippen LogP contribution in [0.1, 0.15) is 27.8 Å². The molecular weight excluding hydrogens is 356 g/mol. The molecule has 28 heavy (non-hydrogen) atoms. The van der Waals surface area contributed by atoms with E-state index in [2.05, 4.69) is 10.1 Å². The molecule has 0 bridgehead atoms. The van der Waals surface area contributed by atoms with Crippen molar-refractivity contribution in [1.82, 2.24) is 24.6 Å². The van der Waals surface area contributed by atoms with Crippen LogP contribution in [0.4, 0.5) is 5.82 Å². The number of ether oxygens (including phenoxy) is 1. The molecule has 0 aliphatic carbocycles. The molecule has 4 heterocycles. The number of hydrogen-bond acceptors (Lipinski definition) is 6. The number of aryl methyl sites for hydroxylation is 1. The Balaban J connectivity index is 1.55. The zero-order valence-electron chi connectivity index (χ0n) is 15.9. The molecule has 0 aromatic carbocycles. The van der Waals surface area contributed by atoms with Gasteiger partial charge in [0.25, 0.3) is 5.91 Å². The Bertz CT molecular complexity index is 998. The zero-order valence-corrected chi connectivity index (χ0v) is 15.9. The van der Waals surface area contributed by atoms with Crippen LogP contribution in [-0.4, -0.2) is 50.3 Å².